The summed E-state index contributed by atoms with van der Waals surface area (Å²) in [5.74, 6) is -0.469. The van der Waals surface area contributed by atoms with Crippen LogP contribution in [0.4, 0.5) is 0 Å². The number of halogens is 1. The predicted molar refractivity (Wildman–Crippen MR) is 141 cm³/mol. The zero-order valence-electron chi connectivity index (χ0n) is 19.9. The van der Waals surface area contributed by atoms with Crippen molar-refractivity contribution in [3.8, 4) is 11.5 Å². The van der Waals surface area contributed by atoms with Crippen LogP contribution < -0.4 is 20.2 Å². The van der Waals surface area contributed by atoms with Gasteiger partial charge in [0.25, 0.3) is 11.8 Å². The van der Waals surface area contributed by atoms with Gasteiger partial charge in [0, 0.05) is 15.6 Å². The zero-order chi connectivity index (χ0) is 25.9. The topological polar surface area (TPSA) is 106 Å². The van der Waals surface area contributed by atoms with Crippen molar-refractivity contribution in [1.82, 2.24) is 10.7 Å². The van der Waals surface area contributed by atoms with Crippen molar-refractivity contribution in [2.75, 3.05) is 13.2 Å². The number of nitrogens with zero attached hydrogens (tertiary/aromatic N) is 1. The highest BCUT2D eigenvalue weighted by molar-refractivity contribution is 9.10. The molecule has 0 heterocycles. The lowest BCUT2D eigenvalue weighted by atomic mass is 10.1. The molecule has 36 heavy (non-hydrogen) atoms. The summed E-state index contributed by atoms with van der Waals surface area (Å²) in [5.41, 5.74) is 4.59. The Labute approximate surface area is 217 Å². The lowest BCUT2D eigenvalue weighted by Gasteiger charge is -2.09. The van der Waals surface area contributed by atoms with Gasteiger partial charge < -0.3 is 14.8 Å². The molecule has 3 aromatic rings. The fourth-order valence-electron chi connectivity index (χ4n) is 3.04. The molecule has 0 bridgehead atoms. The van der Waals surface area contributed by atoms with Crippen molar-refractivity contribution in [2.45, 2.75) is 20.3 Å². The van der Waals surface area contributed by atoms with Crippen molar-refractivity contribution in [3.63, 3.8) is 0 Å². The average Bonchev–Trinajstić information content (AvgIpc) is 2.87. The van der Waals surface area contributed by atoms with Crippen molar-refractivity contribution >= 4 is 39.9 Å². The molecule has 0 aromatic heterocycles. The lowest BCUT2D eigenvalue weighted by molar-refractivity contribution is -0.120. The molecule has 8 nitrogen and oxygen atoms in total. The highest BCUT2D eigenvalue weighted by Crippen LogP contribution is 2.23. The number of amides is 2. The van der Waals surface area contributed by atoms with E-state index in [1.165, 1.54) is 6.21 Å². The van der Waals surface area contributed by atoms with E-state index in [1.54, 1.807) is 60.7 Å². The Morgan fingerprint density at radius 3 is 2.50 bits per heavy atom. The van der Waals surface area contributed by atoms with Gasteiger partial charge in [-0.15, -0.1) is 0 Å². The third-order valence-electron chi connectivity index (χ3n) is 4.82. The molecule has 0 spiro atoms. The van der Waals surface area contributed by atoms with Crippen LogP contribution in [-0.4, -0.2) is 37.1 Å². The van der Waals surface area contributed by atoms with E-state index >= 15 is 0 Å². The van der Waals surface area contributed by atoms with E-state index in [9.17, 15) is 14.4 Å². The molecule has 0 atom stereocenters. The first kappa shape index (κ1) is 26.6. The van der Waals surface area contributed by atoms with Crippen LogP contribution in [0, 0.1) is 6.92 Å². The van der Waals surface area contributed by atoms with E-state index in [0.29, 0.717) is 29.0 Å². The molecule has 186 valence electrons. The Morgan fingerprint density at radius 1 is 1.00 bits per heavy atom. The molecular weight excluding hydrogens is 526 g/mol. The number of hydrogen-bond acceptors (Lipinski definition) is 6. The highest BCUT2D eigenvalue weighted by atomic mass is 79.9. The van der Waals surface area contributed by atoms with Crippen molar-refractivity contribution in [2.24, 2.45) is 5.10 Å². The van der Waals surface area contributed by atoms with Crippen molar-refractivity contribution < 1.29 is 23.9 Å². The molecule has 9 heteroatoms. The van der Waals surface area contributed by atoms with Crippen LogP contribution in [0.15, 0.2) is 76.3 Å². The van der Waals surface area contributed by atoms with Crippen LogP contribution in [0.3, 0.4) is 0 Å². The van der Waals surface area contributed by atoms with Gasteiger partial charge >= 0.3 is 5.97 Å². The largest absolute Gasteiger partial charge is 0.494 e. The molecule has 0 radical (unpaired) electrons. The maximum atomic E-state index is 12.6. The third-order valence-corrected chi connectivity index (χ3v) is 5.31. The van der Waals surface area contributed by atoms with Gasteiger partial charge in [0.1, 0.15) is 11.5 Å². The van der Waals surface area contributed by atoms with Gasteiger partial charge in [0.2, 0.25) is 0 Å². The maximum absolute atomic E-state index is 12.6. The minimum absolute atomic E-state index is 0.248. The van der Waals surface area contributed by atoms with Crippen LogP contribution in [-0.2, 0) is 4.79 Å². The molecule has 0 aliphatic rings. The molecule has 3 aromatic carbocycles. The van der Waals surface area contributed by atoms with E-state index in [0.717, 1.165) is 16.5 Å². The fraction of sp³-hybridized carbons (Fsp3) is 0.185. The first-order valence-electron chi connectivity index (χ1n) is 11.3. The maximum Gasteiger partial charge on any atom is 0.343 e. The Hall–Kier alpha value is -3.98. The Kier molecular flexibility index (Phi) is 9.76. The standard InChI is InChI=1S/C27H26BrN3O5/c1-3-13-35-23-10-7-19(8-11-23)27(34)36-24-12-9-22(28)15-21(24)16-30-31-25(32)17-29-26(33)20-6-4-5-18(2)14-20/h4-12,14-16H,3,13,17H2,1-2H3,(H,29,33)(H,31,32)/b30-16+. The molecule has 0 fully saturated rings. The summed E-state index contributed by atoms with van der Waals surface area (Å²) in [4.78, 5) is 36.9. The predicted octanol–water partition coefficient (Wildman–Crippen LogP) is 4.65. The first-order chi connectivity index (χ1) is 17.4. The molecule has 0 aliphatic carbocycles. The van der Waals surface area contributed by atoms with E-state index in [-0.39, 0.29) is 18.2 Å². The lowest BCUT2D eigenvalue weighted by Crippen LogP contribution is -2.34. The molecule has 3 rings (SSSR count). The molecule has 2 N–H and O–H groups in total. The van der Waals surface area contributed by atoms with Gasteiger partial charge in [-0.1, -0.05) is 40.5 Å². The number of carbonyl (C=O) groups excluding carboxylic acids is 3. The molecule has 0 saturated carbocycles. The van der Waals surface area contributed by atoms with Crippen LogP contribution in [0.25, 0.3) is 0 Å². The number of hydrogen-bond donors (Lipinski definition) is 2. The Balaban J connectivity index is 1.58. The second kappa shape index (κ2) is 13.2. The summed E-state index contributed by atoms with van der Waals surface area (Å²) >= 11 is 3.37. The summed E-state index contributed by atoms with van der Waals surface area (Å²) < 4.78 is 11.8. The molecular formula is C27H26BrN3O5. The molecule has 0 unspecified atom stereocenters. The number of aryl methyl sites for hydroxylation is 1. The number of nitrogens with one attached hydrogen (secondary N) is 2. The number of esters is 1. The smallest absolute Gasteiger partial charge is 0.343 e. The van der Waals surface area contributed by atoms with E-state index < -0.39 is 11.9 Å². The van der Waals surface area contributed by atoms with Crippen LogP contribution in [0.2, 0.25) is 0 Å². The summed E-state index contributed by atoms with van der Waals surface area (Å²) in [6.07, 6.45) is 2.25. The van der Waals surface area contributed by atoms with E-state index in [1.807, 2.05) is 19.9 Å². The van der Waals surface area contributed by atoms with Crippen LogP contribution in [0.5, 0.6) is 11.5 Å². The van der Waals surface area contributed by atoms with Gasteiger partial charge in [-0.2, -0.15) is 5.10 Å². The number of carbonyl (C=O) groups is 3. The summed E-state index contributed by atoms with van der Waals surface area (Å²) in [5, 5.41) is 6.47. The van der Waals surface area contributed by atoms with E-state index in [2.05, 4.69) is 31.8 Å². The minimum Gasteiger partial charge on any atom is -0.494 e. The van der Waals surface area contributed by atoms with E-state index in [4.69, 9.17) is 9.47 Å². The highest BCUT2D eigenvalue weighted by Gasteiger charge is 2.12. The average molecular weight is 552 g/mol. The summed E-state index contributed by atoms with van der Waals surface area (Å²) in [6, 6.07) is 18.8. The Morgan fingerprint density at radius 2 is 1.78 bits per heavy atom. The van der Waals surface area contributed by atoms with Crippen molar-refractivity contribution in [1.29, 1.82) is 0 Å². The fourth-order valence-corrected chi connectivity index (χ4v) is 3.42. The second-order valence-corrected chi connectivity index (χ2v) is 8.71. The minimum atomic E-state index is -0.545. The van der Waals surface area contributed by atoms with Crippen LogP contribution in [0.1, 0.15) is 45.2 Å². The monoisotopic (exact) mass is 551 g/mol. The van der Waals surface area contributed by atoms with Gasteiger partial charge in [-0.05, 0) is 67.9 Å². The molecule has 2 amide bonds. The molecule has 0 saturated heterocycles. The molecule has 0 aliphatic heterocycles. The number of rotatable bonds is 10. The number of ether oxygens (including phenoxy) is 2. The van der Waals surface area contributed by atoms with Crippen molar-refractivity contribution in [3.05, 3.63) is 93.5 Å². The number of hydrazone groups is 1. The van der Waals surface area contributed by atoms with Gasteiger partial charge in [-0.3, -0.25) is 9.59 Å². The normalized spacial score (nSPS) is 10.6. The summed E-state index contributed by atoms with van der Waals surface area (Å²) in [6.45, 7) is 4.25. The second-order valence-electron chi connectivity index (χ2n) is 7.79. The number of benzene rings is 3. The van der Waals surface area contributed by atoms with Gasteiger partial charge in [-0.25, -0.2) is 10.2 Å². The SMILES string of the molecule is CCCOc1ccc(C(=O)Oc2ccc(Br)cc2/C=N/NC(=O)CNC(=O)c2cccc(C)c2)cc1. The van der Waals surface area contributed by atoms with Crippen LogP contribution >= 0.6 is 15.9 Å². The Bertz CT molecular complexity index is 1260. The van der Waals surface area contributed by atoms with Gasteiger partial charge in [0.05, 0.1) is 24.9 Å². The summed E-state index contributed by atoms with van der Waals surface area (Å²) in [7, 11) is 0. The first-order valence-corrected chi connectivity index (χ1v) is 12.1. The quantitative estimate of drug-likeness (QED) is 0.165. The third kappa shape index (κ3) is 8.06. The van der Waals surface area contributed by atoms with Gasteiger partial charge in [0.15, 0.2) is 0 Å². The zero-order valence-corrected chi connectivity index (χ0v) is 21.5.